The third-order valence-electron chi connectivity index (χ3n) is 4.03. The van der Waals surface area contributed by atoms with E-state index in [9.17, 15) is 14.7 Å². The highest BCUT2D eigenvalue weighted by molar-refractivity contribution is 9.10. The molecule has 144 valence electrons. The summed E-state index contributed by atoms with van der Waals surface area (Å²) in [6.45, 7) is 0. The lowest BCUT2D eigenvalue weighted by molar-refractivity contribution is -0.122. The molecule has 0 bridgehead atoms. The van der Waals surface area contributed by atoms with E-state index in [0.29, 0.717) is 21.5 Å². The van der Waals surface area contributed by atoms with Gasteiger partial charge in [0, 0.05) is 4.47 Å². The number of carbonyl (C=O) groups is 2. The number of carbonyl (C=O) groups excluding carboxylic acids is 2. The van der Waals surface area contributed by atoms with Gasteiger partial charge in [0.15, 0.2) is 16.6 Å². The van der Waals surface area contributed by atoms with E-state index in [1.165, 1.54) is 37.3 Å². The predicted molar refractivity (Wildman–Crippen MR) is 112 cm³/mol. The van der Waals surface area contributed by atoms with Crippen LogP contribution in [0.2, 0.25) is 0 Å². The van der Waals surface area contributed by atoms with Crippen LogP contribution in [0.5, 0.6) is 17.2 Å². The van der Waals surface area contributed by atoms with E-state index >= 15 is 0 Å². The van der Waals surface area contributed by atoms with Crippen molar-refractivity contribution in [1.29, 1.82) is 0 Å². The predicted octanol–water partition coefficient (Wildman–Crippen LogP) is 3.00. The second-order valence-corrected chi connectivity index (χ2v) is 6.94. The smallest absolute Gasteiger partial charge is 0.270 e. The van der Waals surface area contributed by atoms with E-state index < -0.39 is 11.8 Å². The first-order valence-electron chi connectivity index (χ1n) is 7.97. The van der Waals surface area contributed by atoms with Crippen molar-refractivity contribution >= 4 is 56.8 Å². The minimum absolute atomic E-state index is 0.0142. The van der Waals surface area contributed by atoms with Crippen molar-refractivity contribution in [1.82, 2.24) is 5.32 Å². The average Bonchev–Trinajstić information content (AvgIpc) is 2.67. The molecule has 9 heteroatoms. The Labute approximate surface area is 174 Å². The lowest BCUT2D eigenvalue weighted by Gasteiger charge is -2.29. The van der Waals surface area contributed by atoms with E-state index in [0.717, 1.165) is 0 Å². The normalized spacial score (nSPS) is 15.6. The van der Waals surface area contributed by atoms with E-state index in [4.69, 9.17) is 21.7 Å². The lowest BCUT2D eigenvalue weighted by Crippen LogP contribution is -2.54. The van der Waals surface area contributed by atoms with Gasteiger partial charge in [0.05, 0.1) is 19.9 Å². The van der Waals surface area contributed by atoms with Gasteiger partial charge < -0.3 is 14.6 Å². The Morgan fingerprint density at radius 3 is 2.43 bits per heavy atom. The molecule has 7 nitrogen and oxygen atoms in total. The molecule has 1 saturated heterocycles. The van der Waals surface area contributed by atoms with Gasteiger partial charge in [-0.05, 0) is 60.3 Å². The first-order chi connectivity index (χ1) is 13.3. The Morgan fingerprint density at radius 2 is 1.82 bits per heavy atom. The molecule has 0 atom stereocenters. The number of hydrogen-bond donors (Lipinski definition) is 2. The van der Waals surface area contributed by atoms with Gasteiger partial charge in [-0.15, -0.1) is 0 Å². The number of benzene rings is 2. The van der Waals surface area contributed by atoms with Crippen LogP contribution in [0.15, 0.2) is 46.4 Å². The molecule has 0 aromatic heterocycles. The lowest BCUT2D eigenvalue weighted by atomic mass is 10.1. The molecule has 0 saturated carbocycles. The van der Waals surface area contributed by atoms with E-state index in [-0.39, 0.29) is 22.2 Å². The molecule has 1 aliphatic heterocycles. The minimum Gasteiger partial charge on any atom is -0.504 e. The SMILES string of the molecule is COc1ccc(N2C(=O)/C(=C\c3cc(OC)c(O)cc3Br)C(=O)NC2=S)cc1. The van der Waals surface area contributed by atoms with Crippen molar-refractivity contribution < 1.29 is 24.2 Å². The first kappa shape index (κ1) is 19.8. The number of methoxy groups -OCH3 is 2. The highest BCUT2D eigenvalue weighted by atomic mass is 79.9. The van der Waals surface area contributed by atoms with Gasteiger partial charge in [-0.1, -0.05) is 15.9 Å². The zero-order chi connectivity index (χ0) is 20.4. The van der Waals surface area contributed by atoms with E-state index in [1.54, 1.807) is 24.3 Å². The second kappa shape index (κ2) is 7.99. The Hall–Kier alpha value is -2.91. The molecular weight excluding hydrogens is 448 g/mol. The largest absolute Gasteiger partial charge is 0.504 e. The van der Waals surface area contributed by atoms with Gasteiger partial charge in [0.2, 0.25) is 0 Å². The summed E-state index contributed by atoms with van der Waals surface area (Å²) in [6.07, 6.45) is 1.40. The number of phenolic OH excluding ortho intramolecular Hbond substituents is 1. The van der Waals surface area contributed by atoms with Crippen molar-refractivity contribution in [3.8, 4) is 17.2 Å². The third kappa shape index (κ3) is 3.71. The number of nitrogens with zero attached hydrogens (tertiary/aromatic N) is 1. The quantitative estimate of drug-likeness (QED) is 0.412. The van der Waals surface area contributed by atoms with Crippen molar-refractivity contribution in [3.05, 3.63) is 52.0 Å². The van der Waals surface area contributed by atoms with Crippen LogP contribution in [-0.4, -0.2) is 36.3 Å². The van der Waals surface area contributed by atoms with Crippen LogP contribution in [0.25, 0.3) is 6.08 Å². The third-order valence-corrected chi connectivity index (χ3v) is 5.00. The van der Waals surface area contributed by atoms with Crippen molar-refractivity contribution in [2.75, 3.05) is 19.1 Å². The van der Waals surface area contributed by atoms with E-state index in [1.807, 2.05) is 0 Å². The van der Waals surface area contributed by atoms with Gasteiger partial charge in [-0.25, -0.2) is 0 Å². The summed E-state index contributed by atoms with van der Waals surface area (Å²) in [5.41, 5.74) is 0.859. The number of hydrogen-bond acceptors (Lipinski definition) is 6. The zero-order valence-electron chi connectivity index (χ0n) is 14.9. The van der Waals surface area contributed by atoms with Crippen LogP contribution < -0.4 is 19.7 Å². The standard InChI is InChI=1S/C19H15BrN2O5S/c1-26-12-5-3-11(4-6-12)22-18(25)13(17(24)21-19(22)28)7-10-8-16(27-2)15(23)9-14(10)20/h3-9,23H,1-2H3,(H,21,24,28)/b13-7-. The topological polar surface area (TPSA) is 88.1 Å². The molecule has 1 heterocycles. The summed E-state index contributed by atoms with van der Waals surface area (Å²) in [4.78, 5) is 26.6. The minimum atomic E-state index is -0.612. The summed E-state index contributed by atoms with van der Waals surface area (Å²) in [7, 11) is 2.94. The fourth-order valence-corrected chi connectivity index (χ4v) is 3.34. The van der Waals surface area contributed by atoms with Crippen LogP contribution in [-0.2, 0) is 9.59 Å². The molecule has 0 radical (unpaired) electrons. The molecule has 28 heavy (non-hydrogen) atoms. The maximum absolute atomic E-state index is 13.0. The summed E-state index contributed by atoms with van der Waals surface area (Å²) < 4.78 is 10.7. The molecule has 1 aliphatic rings. The number of thiocarbonyl (C=S) groups is 1. The summed E-state index contributed by atoms with van der Waals surface area (Å²) in [5, 5.41) is 12.3. The zero-order valence-corrected chi connectivity index (χ0v) is 17.3. The maximum atomic E-state index is 13.0. The Kier molecular flexibility index (Phi) is 5.66. The van der Waals surface area contributed by atoms with Crippen molar-refractivity contribution in [2.24, 2.45) is 0 Å². The van der Waals surface area contributed by atoms with Crippen LogP contribution in [0.3, 0.4) is 0 Å². The van der Waals surface area contributed by atoms with Crippen molar-refractivity contribution in [2.45, 2.75) is 0 Å². The number of aromatic hydroxyl groups is 1. The maximum Gasteiger partial charge on any atom is 0.270 e. The molecule has 3 rings (SSSR count). The number of ether oxygens (including phenoxy) is 2. The molecule has 1 fully saturated rings. The molecule has 0 unspecified atom stereocenters. The summed E-state index contributed by atoms with van der Waals surface area (Å²) in [6, 6.07) is 9.63. The van der Waals surface area contributed by atoms with Gasteiger partial charge >= 0.3 is 0 Å². The van der Waals surface area contributed by atoms with Gasteiger partial charge in [0.1, 0.15) is 11.3 Å². The molecule has 2 aromatic rings. The number of anilines is 1. The molecule has 2 N–H and O–H groups in total. The Morgan fingerprint density at radius 1 is 1.14 bits per heavy atom. The highest BCUT2D eigenvalue weighted by Gasteiger charge is 2.34. The van der Waals surface area contributed by atoms with Crippen molar-refractivity contribution in [3.63, 3.8) is 0 Å². The average molecular weight is 463 g/mol. The number of halogens is 1. The molecule has 2 aromatic carbocycles. The van der Waals surface area contributed by atoms with Crippen LogP contribution in [0.1, 0.15) is 5.56 Å². The molecular formula is C19H15BrN2O5S. The second-order valence-electron chi connectivity index (χ2n) is 5.70. The number of amides is 2. The highest BCUT2D eigenvalue weighted by Crippen LogP contribution is 2.34. The number of phenols is 1. The molecule has 2 amide bonds. The first-order valence-corrected chi connectivity index (χ1v) is 9.18. The number of nitrogens with one attached hydrogen (secondary N) is 1. The van der Waals surface area contributed by atoms with Crippen LogP contribution >= 0.6 is 28.1 Å². The molecule has 0 spiro atoms. The van der Waals surface area contributed by atoms with Gasteiger partial charge in [-0.3, -0.25) is 19.8 Å². The van der Waals surface area contributed by atoms with Gasteiger partial charge in [-0.2, -0.15) is 0 Å². The number of rotatable bonds is 4. The Bertz CT molecular complexity index is 1000. The van der Waals surface area contributed by atoms with Crippen LogP contribution in [0, 0.1) is 0 Å². The monoisotopic (exact) mass is 462 g/mol. The summed E-state index contributed by atoms with van der Waals surface area (Å²) >= 11 is 8.49. The fraction of sp³-hybridized carbons (Fsp3) is 0.105. The van der Waals surface area contributed by atoms with Gasteiger partial charge in [0.25, 0.3) is 11.8 Å². The summed E-state index contributed by atoms with van der Waals surface area (Å²) in [5.74, 6) is -0.422. The Balaban J connectivity index is 2.03. The van der Waals surface area contributed by atoms with Crippen LogP contribution in [0.4, 0.5) is 5.69 Å². The molecule has 0 aliphatic carbocycles. The fourth-order valence-electron chi connectivity index (χ4n) is 2.61. The van der Waals surface area contributed by atoms with E-state index in [2.05, 4.69) is 21.2 Å².